The molecule has 2 rings (SSSR count). The molecule has 0 amide bonds. The van der Waals surface area contributed by atoms with Crippen LogP contribution in [0.5, 0.6) is 5.75 Å². The van der Waals surface area contributed by atoms with Gasteiger partial charge in [-0.3, -0.25) is 0 Å². The Hall–Kier alpha value is -1.88. The lowest BCUT2D eigenvalue weighted by atomic mass is 10.2. The molecule has 0 aliphatic carbocycles. The third-order valence-corrected chi connectivity index (χ3v) is 2.60. The Balaban J connectivity index is 1.68. The average molecular weight is 249 g/mol. The molecular weight excluding hydrogens is 233 g/mol. The zero-order chi connectivity index (χ0) is 12.8. The van der Waals surface area contributed by atoms with Gasteiger partial charge in [0.05, 0.1) is 6.33 Å². The lowest BCUT2D eigenvalue weighted by Gasteiger charge is -2.06. The van der Waals surface area contributed by atoms with Crippen LogP contribution in [0.2, 0.25) is 0 Å². The van der Waals surface area contributed by atoms with Gasteiger partial charge in [0, 0.05) is 31.5 Å². The summed E-state index contributed by atoms with van der Waals surface area (Å²) in [6, 6.07) is 4.08. The Bertz CT molecular complexity index is 465. The lowest BCUT2D eigenvalue weighted by Crippen LogP contribution is -2.16. The molecule has 0 saturated heterocycles. The Morgan fingerprint density at radius 2 is 2.22 bits per heavy atom. The van der Waals surface area contributed by atoms with Crippen molar-refractivity contribution in [3.63, 3.8) is 0 Å². The third kappa shape index (κ3) is 3.85. The van der Waals surface area contributed by atoms with Gasteiger partial charge in [0.1, 0.15) is 11.6 Å². The van der Waals surface area contributed by atoms with Crippen molar-refractivity contribution in [2.24, 2.45) is 0 Å². The van der Waals surface area contributed by atoms with Crippen molar-refractivity contribution in [1.82, 2.24) is 14.9 Å². The number of nitrogens with zero attached hydrogens (tertiary/aromatic N) is 2. The zero-order valence-corrected chi connectivity index (χ0v) is 10.0. The van der Waals surface area contributed by atoms with E-state index in [9.17, 15) is 9.50 Å². The summed E-state index contributed by atoms with van der Waals surface area (Å²) in [7, 11) is 0. The molecule has 18 heavy (non-hydrogen) atoms. The van der Waals surface area contributed by atoms with Gasteiger partial charge in [0.15, 0.2) is 0 Å². The first-order valence-electron chi connectivity index (χ1n) is 5.89. The SMILES string of the molecule is Oc1cc(F)cc(CNCCCn2ccnc2)c1. The van der Waals surface area contributed by atoms with Crippen molar-refractivity contribution >= 4 is 0 Å². The molecule has 0 unspecified atom stereocenters. The summed E-state index contributed by atoms with van der Waals surface area (Å²) < 4.78 is 15.0. The first-order valence-corrected chi connectivity index (χ1v) is 5.89. The van der Waals surface area contributed by atoms with E-state index in [2.05, 4.69) is 10.3 Å². The number of benzene rings is 1. The van der Waals surface area contributed by atoms with Crippen molar-refractivity contribution < 1.29 is 9.50 Å². The van der Waals surface area contributed by atoms with E-state index >= 15 is 0 Å². The topological polar surface area (TPSA) is 50.1 Å². The molecule has 0 fully saturated rings. The molecule has 0 atom stereocenters. The Morgan fingerprint density at radius 3 is 2.94 bits per heavy atom. The fourth-order valence-electron chi connectivity index (χ4n) is 1.77. The normalized spacial score (nSPS) is 10.7. The highest BCUT2D eigenvalue weighted by Crippen LogP contribution is 2.14. The number of aromatic hydroxyl groups is 1. The van der Waals surface area contributed by atoms with E-state index < -0.39 is 5.82 Å². The summed E-state index contributed by atoms with van der Waals surface area (Å²) in [5.74, 6) is -0.449. The maximum Gasteiger partial charge on any atom is 0.127 e. The summed E-state index contributed by atoms with van der Waals surface area (Å²) in [6.45, 7) is 2.28. The smallest absolute Gasteiger partial charge is 0.127 e. The van der Waals surface area contributed by atoms with Crippen molar-refractivity contribution in [1.29, 1.82) is 0 Å². The maximum absolute atomic E-state index is 13.0. The molecule has 0 radical (unpaired) electrons. The molecule has 1 heterocycles. The number of hydrogen-bond acceptors (Lipinski definition) is 3. The van der Waals surface area contributed by atoms with Crippen LogP contribution in [0, 0.1) is 5.82 Å². The molecule has 1 aromatic carbocycles. The molecule has 2 N–H and O–H groups in total. The molecule has 0 aliphatic heterocycles. The summed E-state index contributed by atoms with van der Waals surface area (Å²) in [6.07, 6.45) is 6.43. The molecular formula is C13H16FN3O. The highest BCUT2D eigenvalue weighted by molar-refractivity contribution is 5.28. The van der Waals surface area contributed by atoms with Crippen LogP contribution < -0.4 is 5.32 Å². The Morgan fingerprint density at radius 1 is 1.33 bits per heavy atom. The number of phenolic OH excluding ortho intramolecular Hbond substituents is 1. The van der Waals surface area contributed by atoms with Crippen LogP contribution >= 0.6 is 0 Å². The van der Waals surface area contributed by atoms with Gasteiger partial charge in [-0.1, -0.05) is 0 Å². The number of halogens is 1. The minimum atomic E-state index is -0.412. The van der Waals surface area contributed by atoms with Crippen LogP contribution in [0.25, 0.3) is 0 Å². The summed E-state index contributed by atoms with van der Waals surface area (Å²) in [4.78, 5) is 3.96. The van der Waals surface area contributed by atoms with Gasteiger partial charge in [0.2, 0.25) is 0 Å². The van der Waals surface area contributed by atoms with Gasteiger partial charge in [-0.05, 0) is 30.7 Å². The van der Waals surface area contributed by atoms with Gasteiger partial charge in [-0.25, -0.2) is 9.37 Å². The van der Waals surface area contributed by atoms with Crippen molar-refractivity contribution in [2.75, 3.05) is 6.54 Å². The van der Waals surface area contributed by atoms with Gasteiger partial charge in [0.25, 0.3) is 0 Å². The van der Waals surface area contributed by atoms with E-state index in [4.69, 9.17) is 0 Å². The van der Waals surface area contributed by atoms with Crippen LogP contribution in [-0.2, 0) is 13.1 Å². The van der Waals surface area contributed by atoms with Gasteiger partial charge >= 0.3 is 0 Å². The van der Waals surface area contributed by atoms with Crippen LogP contribution in [0.4, 0.5) is 4.39 Å². The lowest BCUT2D eigenvalue weighted by molar-refractivity contribution is 0.467. The van der Waals surface area contributed by atoms with Crippen molar-refractivity contribution in [2.45, 2.75) is 19.5 Å². The largest absolute Gasteiger partial charge is 0.508 e. The maximum atomic E-state index is 13.0. The van der Waals surface area contributed by atoms with Crippen LogP contribution in [0.15, 0.2) is 36.9 Å². The van der Waals surface area contributed by atoms with Crippen molar-refractivity contribution in [3.05, 3.63) is 48.3 Å². The van der Waals surface area contributed by atoms with Crippen LogP contribution in [0.3, 0.4) is 0 Å². The predicted molar refractivity (Wildman–Crippen MR) is 66.6 cm³/mol. The van der Waals surface area contributed by atoms with Gasteiger partial charge in [-0.15, -0.1) is 0 Å². The fourth-order valence-corrected chi connectivity index (χ4v) is 1.77. The van der Waals surface area contributed by atoms with E-state index in [0.29, 0.717) is 6.54 Å². The molecule has 96 valence electrons. The second kappa shape index (κ2) is 6.16. The quantitative estimate of drug-likeness (QED) is 0.769. The van der Waals surface area contributed by atoms with Crippen molar-refractivity contribution in [3.8, 4) is 5.75 Å². The Kier molecular flexibility index (Phi) is 4.30. The highest BCUT2D eigenvalue weighted by atomic mass is 19.1. The first kappa shape index (κ1) is 12.6. The molecule has 2 aromatic rings. The molecule has 0 aliphatic rings. The molecule has 0 bridgehead atoms. The van der Waals surface area contributed by atoms with Gasteiger partial charge in [-0.2, -0.15) is 0 Å². The number of aryl methyl sites for hydroxylation is 1. The highest BCUT2D eigenvalue weighted by Gasteiger charge is 1.99. The van der Waals surface area contributed by atoms with E-state index in [1.807, 2.05) is 10.8 Å². The van der Waals surface area contributed by atoms with Crippen LogP contribution in [-0.4, -0.2) is 21.2 Å². The summed E-state index contributed by atoms with van der Waals surface area (Å²) >= 11 is 0. The molecule has 0 spiro atoms. The van der Waals surface area contributed by atoms with Gasteiger partial charge < -0.3 is 15.0 Å². The molecule has 5 heteroatoms. The van der Waals surface area contributed by atoms with E-state index in [1.54, 1.807) is 18.6 Å². The second-order valence-corrected chi connectivity index (χ2v) is 4.15. The Labute approximate surface area is 105 Å². The fraction of sp³-hybridized carbons (Fsp3) is 0.308. The number of nitrogens with one attached hydrogen (secondary N) is 1. The number of imidazole rings is 1. The van der Waals surface area contributed by atoms with E-state index in [-0.39, 0.29) is 5.75 Å². The zero-order valence-electron chi connectivity index (χ0n) is 10.0. The third-order valence-electron chi connectivity index (χ3n) is 2.60. The number of rotatable bonds is 6. The van der Waals surface area contributed by atoms with Crippen LogP contribution in [0.1, 0.15) is 12.0 Å². The predicted octanol–water partition coefficient (Wildman–Crippen LogP) is 1.91. The molecule has 1 aromatic heterocycles. The van der Waals surface area contributed by atoms with E-state index in [0.717, 1.165) is 31.1 Å². The summed E-state index contributed by atoms with van der Waals surface area (Å²) in [5.41, 5.74) is 0.745. The standard InChI is InChI=1S/C13H16FN3O/c14-12-6-11(7-13(18)8-12)9-15-2-1-4-17-5-3-16-10-17/h3,5-8,10,15,18H,1-2,4,9H2. The molecule has 4 nitrogen and oxygen atoms in total. The average Bonchev–Trinajstić information content (AvgIpc) is 2.80. The summed E-state index contributed by atoms with van der Waals surface area (Å²) in [5, 5.41) is 12.5. The number of hydrogen-bond donors (Lipinski definition) is 2. The first-order chi connectivity index (χ1) is 8.74. The number of aromatic nitrogens is 2. The second-order valence-electron chi connectivity index (χ2n) is 4.15. The minimum Gasteiger partial charge on any atom is -0.508 e. The van der Waals surface area contributed by atoms with E-state index in [1.165, 1.54) is 6.07 Å². The monoisotopic (exact) mass is 249 g/mol. The molecule has 0 saturated carbocycles. The minimum absolute atomic E-state index is 0.0368. The number of phenols is 1.